The van der Waals surface area contributed by atoms with E-state index in [1.54, 1.807) is 27.5 Å². The first kappa shape index (κ1) is 20.2. The standard InChI is InChI=1S/C23H27N3O4/c1-28-19-13-17-18(20(29-2)21(19)30-3)15-24-25-22(17)26-11-9-23(27,10-12-26)14-16-7-5-4-6-8-16/h4-8,13,15,27H,9-12,14H2,1-3H3. The molecule has 0 aliphatic carbocycles. The molecule has 1 aromatic heterocycles. The summed E-state index contributed by atoms with van der Waals surface area (Å²) < 4.78 is 16.6. The van der Waals surface area contributed by atoms with Crippen molar-refractivity contribution in [2.24, 2.45) is 0 Å². The van der Waals surface area contributed by atoms with Crippen LogP contribution in [0.15, 0.2) is 42.6 Å². The molecule has 30 heavy (non-hydrogen) atoms. The van der Waals surface area contributed by atoms with E-state index in [1.807, 2.05) is 24.3 Å². The number of anilines is 1. The summed E-state index contributed by atoms with van der Waals surface area (Å²) in [4.78, 5) is 2.17. The maximum atomic E-state index is 11.1. The van der Waals surface area contributed by atoms with Crippen LogP contribution in [0.25, 0.3) is 10.8 Å². The maximum absolute atomic E-state index is 11.1. The van der Waals surface area contributed by atoms with E-state index in [-0.39, 0.29) is 0 Å². The summed E-state index contributed by atoms with van der Waals surface area (Å²) in [6, 6.07) is 12.0. The summed E-state index contributed by atoms with van der Waals surface area (Å²) >= 11 is 0. The smallest absolute Gasteiger partial charge is 0.204 e. The molecule has 0 atom stereocenters. The van der Waals surface area contributed by atoms with Gasteiger partial charge in [-0.3, -0.25) is 0 Å². The van der Waals surface area contributed by atoms with Gasteiger partial charge in [-0.05, 0) is 24.5 Å². The molecule has 1 N–H and O–H groups in total. The van der Waals surface area contributed by atoms with Crippen LogP contribution >= 0.6 is 0 Å². The molecule has 3 aromatic rings. The lowest BCUT2D eigenvalue weighted by Crippen LogP contribution is -2.46. The molecule has 0 bridgehead atoms. The Hall–Kier alpha value is -3.06. The third-order valence-electron chi connectivity index (χ3n) is 5.82. The van der Waals surface area contributed by atoms with Gasteiger partial charge in [0.1, 0.15) is 0 Å². The molecule has 7 nitrogen and oxygen atoms in total. The molecular weight excluding hydrogens is 382 g/mol. The van der Waals surface area contributed by atoms with Crippen molar-refractivity contribution in [3.8, 4) is 17.2 Å². The van der Waals surface area contributed by atoms with E-state index in [9.17, 15) is 5.11 Å². The molecule has 0 spiro atoms. The lowest BCUT2D eigenvalue weighted by atomic mass is 9.85. The second kappa shape index (κ2) is 8.36. The van der Waals surface area contributed by atoms with E-state index in [2.05, 4.69) is 27.2 Å². The van der Waals surface area contributed by atoms with E-state index in [1.165, 1.54) is 0 Å². The highest BCUT2D eigenvalue weighted by atomic mass is 16.5. The third kappa shape index (κ3) is 3.73. The molecule has 0 radical (unpaired) electrons. The van der Waals surface area contributed by atoms with E-state index in [0.717, 1.165) is 22.2 Å². The van der Waals surface area contributed by atoms with Gasteiger partial charge in [0.15, 0.2) is 17.3 Å². The number of benzene rings is 2. The first-order chi connectivity index (χ1) is 14.6. The Balaban J connectivity index is 1.63. The highest BCUT2D eigenvalue weighted by Crippen LogP contribution is 2.45. The molecule has 4 rings (SSSR count). The SMILES string of the molecule is COc1cc2c(N3CCC(O)(Cc4ccccc4)CC3)nncc2c(OC)c1OC. The Morgan fingerprint density at radius 2 is 1.67 bits per heavy atom. The number of aromatic nitrogens is 2. The number of nitrogens with zero attached hydrogens (tertiary/aromatic N) is 3. The minimum atomic E-state index is -0.714. The van der Waals surface area contributed by atoms with Crippen molar-refractivity contribution < 1.29 is 19.3 Å². The number of aliphatic hydroxyl groups is 1. The Bertz CT molecular complexity index is 1020. The molecule has 2 heterocycles. The van der Waals surface area contributed by atoms with E-state index in [0.29, 0.717) is 49.6 Å². The van der Waals surface area contributed by atoms with Crippen molar-refractivity contribution in [2.45, 2.75) is 24.9 Å². The van der Waals surface area contributed by atoms with Gasteiger partial charge in [0, 0.05) is 24.9 Å². The number of hydrogen-bond donors (Lipinski definition) is 1. The van der Waals surface area contributed by atoms with Crippen LogP contribution in [0.5, 0.6) is 17.2 Å². The predicted molar refractivity (Wildman–Crippen MR) is 116 cm³/mol. The zero-order valence-electron chi connectivity index (χ0n) is 17.6. The number of rotatable bonds is 6. The Morgan fingerprint density at radius 3 is 2.30 bits per heavy atom. The number of piperidine rings is 1. The van der Waals surface area contributed by atoms with Gasteiger partial charge in [-0.2, -0.15) is 5.10 Å². The average Bonchev–Trinajstić information content (AvgIpc) is 2.78. The number of ether oxygens (including phenoxy) is 3. The predicted octanol–water partition coefficient (Wildman–Crippen LogP) is 3.23. The van der Waals surface area contributed by atoms with Crippen LogP contribution in [0, 0.1) is 0 Å². The van der Waals surface area contributed by atoms with Crippen LogP contribution in [0.3, 0.4) is 0 Å². The van der Waals surface area contributed by atoms with Crippen LogP contribution in [-0.2, 0) is 6.42 Å². The molecule has 0 saturated carbocycles. The lowest BCUT2D eigenvalue weighted by Gasteiger charge is -2.39. The normalized spacial score (nSPS) is 15.8. The molecule has 1 fully saturated rings. The fraction of sp³-hybridized carbons (Fsp3) is 0.391. The van der Waals surface area contributed by atoms with Crippen LogP contribution in [-0.4, -0.2) is 55.3 Å². The van der Waals surface area contributed by atoms with Crippen LogP contribution in [0.2, 0.25) is 0 Å². The Kier molecular flexibility index (Phi) is 5.63. The number of methoxy groups -OCH3 is 3. The Labute approximate surface area is 176 Å². The highest BCUT2D eigenvalue weighted by molar-refractivity contribution is 5.99. The molecule has 1 aliphatic heterocycles. The number of hydrogen-bond acceptors (Lipinski definition) is 7. The van der Waals surface area contributed by atoms with Crippen molar-refractivity contribution in [3.63, 3.8) is 0 Å². The lowest BCUT2D eigenvalue weighted by molar-refractivity contribution is 0.0164. The summed E-state index contributed by atoms with van der Waals surface area (Å²) in [6.45, 7) is 1.38. The summed E-state index contributed by atoms with van der Waals surface area (Å²) in [5, 5.41) is 21.4. The summed E-state index contributed by atoms with van der Waals surface area (Å²) in [7, 11) is 4.78. The summed E-state index contributed by atoms with van der Waals surface area (Å²) in [6.07, 6.45) is 3.64. The van der Waals surface area contributed by atoms with Crippen LogP contribution in [0.1, 0.15) is 18.4 Å². The minimum absolute atomic E-state index is 0.530. The second-order valence-corrected chi connectivity index (χ2v) is 7.65. The van der Waals surface area contributed by atoms with Crippen molar-refractivity contribution >= 4 is 16.6 Å². The van der Waals surface area contributed by atoms with Crippen molar-refractivity contribution in [1.82, 2.24) is 10.2 Å². The molecule has 2 aromatic carbocycles. The van der Waals surface area contributed by atoms with E-state index in [4.69, 9.17) is 14.2 Å². The second-order valence-electron chi connectivity index (χ2n) is 7.65. The molecule has 7 heteroatoms. The van der Waals surface area contributed by atoms with Crippen molar-refractivity contribution in [1.29, 1.82) is 0 Å². The topological polar surface area (TPSA) is 76.9 Å². The van der Waals surface area contributed by atoms with Crippen molar-refractivity contribution in [3.05, 3.63) is 48.2 Å². The summed E-state index contributed by atoms with van der Waals surface area (Å²) in [5.41, 5.74) is 0.439. The van der Waals surface area contributed by atoms with Gasteiger partial charge in [-0.1, -0.05) is 30.3 Å². The van der Waals surface area contributed by atoms with Gasteiger partial charge in [0.25, 0.3) is 0 Å². The third-order valence-corrected chi connectivity index (χ3v) is 5.82. The van der Waals surface area contributed by atoms with Crippen molar-refractivity contribution in [2.75, 3.05) is 39.3 Å². The average molecular weight is 409 g/mol. The molecule has 1 aliphatic rings. The molecule has 0 amide bonds. The molecule has 158 valence electrons. The van der Waals surface area contributed by atoms with Gasteiger partial charge in [0.05, 0.1) is 38.5 Å². The first-order valence-electron chi connectivity index (χ1n) is 10.0. The molecule has 0 unspecified atom stereocenters. The maximum Gasteiger partial charge on any atom is 0.204 e. The van der Waals surface area contributed by atoms with E-state index >= 15 is 0 Å². The largest absolute Gasteiger partial charge is 0.493 e. The van der Waals surface area contributed by atoms with E-state index < -0.39 is 5.60 Å². The van der Waals surface area contributed by atoms with Gasteiger partial charge in [-0.15, -0.1) is 5.10 Å². The quantitative estimate of drug-likeness (QED) is 0.670. The minimum Gasteiger partial charge on any atom is -0.493 e. The van der Waals surface area contributed by atoms with Gasteiger partial charge in [0.2, 0.25) is 5.75 Å². The summed E-state index contributed by atoms with van der Waals surface area (Å²) in [5.74, 6) is 2.44. The number of fused-ring (bicyclic) bond motifs is 1. The fourth-order valence-electron chi connectivity index (χ4n) is 4.21. The van der Waals surface area contributed by atoms with Crippen LogP contribution < -0.4 is 19.1 Å². The van der Waals surface area contributed by atoms with Gasteiger partial charge >= 0.3 is 0 Å². The zero-order chi connectivity index (χ0) is 21.1. The fourth-order valence-corrected chi connectivity index (χ4v) is 4.21. The first-order valence-corrected chi connectivity index (χ1v) is 10.0. The molecule has 1 saturated heterocycles. The highest BCUT2D eigenvalue weighted by Gasteiger charge is 2.34. The Morgan fingerprint density at radius 1 is 0.967 bits per heavy atom. The zero-order valence-corrected chi connectivity index (χ0v) is 17.6. The van der Waals surface area contributed by atoms with Gasteiger partial charge < -0.3 is 24.2 Å². The monoisotopic (exact) mass is 409 g/mol. The van der Waals surface area contributed by atoms with Gasteiger partial charge in [-0.25, -0.2) is 0 Å². The van der Waals surface area contributed by atoms with Crippen LogP contribution in [0.4, 0.5) is 5.82 Å². The molecular formula is C23H27N3O4.